The van der Waals surface area contributed by atoms with Gasteiger partial charge in [-0.1, -0.05) is 11.6 Å². The van der Waals surface area contributed by atoms with Crippen LogP contribution in [0.15, 0.2) is 34.9 Å². The summed E-state index contributed by atoms with van der Waals surface area (Å²) in [5.74, 6) is 0.231. The molecule has 0 amide bonds. The summed E-state index contributed by atoms with van der Waals surface area (Å²) in [7, 11) is 0. The fraction of sp³-hybridized carbons (Fsp3) is 0.154. The lowest BCUT2D eigenvalue weighted by Crippen LogP contribution is -2.02. The number of nitrogens with zero attached hydrogens (tertiary/aromatic N) is 1. The first-order valence-electron chi connectivity index (χ1n) is 5.40. The van der Waals surface area contributed by atoms with E-state index in [0.29, 0.717) is 11.6 Å². The van der Waals surface area contributed by atoms with Crippen molar-refractivity contribution < 1.29 is 5.11 Å². The number of aryl methyl sites for hydroxylation is 1. The van der Waals surface area contributed by atoms with Crippen LogP contribution in [0.25, 0.3) is 0 Å². The highest BCUT2D eigenvalue weighted by Gasteiger charge is 2.04. The van der Waals surface area contributed by atoms with Crippen LogP contribution in [0, 0.1) is 6.92 Å². The molecule has 0 radical (unpaired) electrons. The summed E-state index contributed by atoms with van der Waals surface area (Å²) in [5.41, 5.74) is 2.58. The van der Waals surface area contributed by atoms with Gasteiger partial charge in [0.05, 0.1) is 11.4 Å². The minimum absolute atomic E-state index is 0.231. The monoisotopic (exact) mass is 326 g/mol. The molecule has 0 atom stereocenters. The van der Waals surface area contributed by atoms with Crippen LogP contribution in [0.1, 0.15) is 11.3 Å². The highest BCUT2D eigenvalue weighted by Crippen LogP contribution is 2.23. The smallest absolute Gasteiger partial charge is 0.120 e. The molecule has 3 nitrogen and oxygen atoms in total. The summed E-state index contributed by atoms with van der Waals surface area (Å²) in [6.45, 7) is 2.42. The lowest BCUT2D eigenvalue weighted by Gasteiger charge is -2.10. The van der Waals surface area contributed by atoms with Gasteiger partial charge in [0.2, 0.25) is 0 Å². The lowest BCUT2D eigenvalue weighted by molar-refractivity contribution is 0.469. The number of nitrogens with one attached hydrogen (secondary N) is 1. The van der Waals surface area contributed by atoms with Crippen molar-refractivity contribution in [2.45, 2.75) is 13.5 Å². The van der Waals surface area contributed by atoms with Crippen molar-refractivity contribution in [3.8, 4) is 5.75 Å². The fourth-order valence-corrected chi connectivity index (χ4v) is 2.20. The van der Waals surface area contributed by atoms with Gasteiger partial charge in [-0.15, -0.1) is 0 Å². The summed E-state index contributed by atoms with van der Waals surface area (Å²) in [4.78, 5) is 4.29. The van der Waals surface area contributed by atoms with E-state index in [9.17, 15) is 5.11 Å². The van der Waals surface area contributed by atoms with Crippen LogP contribution in [0.5, 0.6) is 5.75 Å². The molecule has 0 bridgehead atoms. The maximum absolute atomic E-state index is 9.70. The van der Waals surface area contributed by atoms with Crippen molar-refractivity contribution in [1.82, 2.24) is 4.98 Å². The molecule has 0 spiro atoms. The molecule has 2 N–H and O–H groups in total. The molecule has 1 heterocycles. The van der Waals surface area contributed by atoms with E-state index in [-0.39, 0.29) is 5.75 Å². The van der Waals surface area contributed by atoms with Crippen LogP contribution >= 0.6 is 27.5 Å². The van der Waals surface area contributed by atoms with Gasteiger partial charge >= 0.3 is 0 Å². The van der Waals surface area contributed by atoms with Crippen molar-refractivity contribution in [2.75, 3.05) is 5.32 Å². The molecule has 5 heteroatoms. The van der Waals surface area contributed by atoms with Gasteiger partial charge < -0.3 is 10.4 Å². The largest absolute Gasteiger partial charge is 0.508 e. The predicted molar refractivity (Wildman–Crippen MR) is 77.1 cm³/mol. The van der Waals surface area contributed by atoms with E-state index in [1.54, 1.807) is 18.2 Å². The van der Waals surface area contributed by atoms with Crippen molar-refractivity contribution in [2.24, 2.45) is 0 Å². The Morgan fingerprint density at radius 2 is 2.11 bits per heavy atom. The molecule has 18 heavy (non-hydrogen) atoms. The molecular formula is C13H12BrClN2O. The molecule has 0 aliphatic carbocycles. The lowest BCUT2D eigenvalue weighted by atomic mass is 10.2. The average molecular weight is 328 g/mol. The number of phenolic OH excluding ortho intramolecular Hbond substituents is 1. The van der Waals surface area contributed by atoms with Gasteiger partial charge in [-0.25, -0.2) is 4.98 Å². The Balaban J connectivity index is 2.13. The standard InChI is InChI=1S/C13H12BrClN2O/c1-8-11(3-5-13(14)17-8)16-7-9-6-10(15)2-4-12(9)18/h2-6,16,18H,7H2,1H3. The maximum atomic E-state index is 9.70. The van der Waals surface area contributed by atoms with E-state index in [1.165, 1.54) is 0 Å². The summed E-state index contributed by atoms with van der Waals surface area (Å²) in [6, 6.07) is 8.80. The average Bonchev–Trinajstić information content (AvgIpc) is 2.32. The van der Waals surface area contributed by atoms with E-state index in [4.69, 9.17) is 11.6 Å². The number of benzene rings is 1. The van der Waals surface area contributed by atoms with Gasteiger partial charge in [0.1, 0.15) is 10.4 Å². The SMILES string of the molecule is Cc1nc(Br)ccc1NCc1cc(Cl)ccc1O. The molecule has 0 aliphatic heterocycles. The van der Waals surface area contributed by atoms with Gasteiger partial charge in [0.15, 0.2) is 0 Å². The first-order chi connectivity index (χ1) is 8.56. The summed E-state index contributed by atoms with van der Waals surface area (Å²) >= 11 is 9.21. The molecule has 0 saturated heterocycles. The van der Waals surface area contributed by atoms with Gasteiger partial charge in [-0.05, 0) is 53.2 Å². The van der Waals surface area contributed by atoms with Crippen LogP contribution < -0.4 is 5.32 Å². The first kappa shape index (κ1) is 13.2. The summed E-state index contributed by atoms with van der Waals surface area (Å²) in [6.07, 6.45) is 0. The number of hydrogen-bond donors (Lipinski definition) is 2. The van der Waals surface area contributed by atoms with Gasteiger partial charge in [-0.3, -0.25) is 0 Å². The number of pyridine rings is 1. The molecule has 2 rings (SSSR count). The summed E-state index contributed by atoms with van der Waals surface area (Å²) < 4.78 is 0.802. The zero-order valence-corrected chi connectivity index (χ0v) is 12.1. The Hall–Kier alpha value is -1.26. The number of hydrogen-bond acceptors (Lipinski definition) is 3. The predicted octanol–water partition coefficient (Wildman–Crippen LogP) is 4.12. The Morgan fingerprint density at radius 3 is 2.83 bits per heavy atom. The third kappa shape index (κ3) is 3.15. The van der Waals surface area contributed by atoms with Gasteiger partial charge in [-0.2, -0.15) is 0 Å². The maximum Gasteiger partial charge on any atom is 0.120 e. The highest BCUT2D eigenvalue weighted by atomic mass is 79.9. The quantitative estimate of drug-likeness (QED) is 0.833. The van der Waals surface area contributed by atoms with E-state index in [2.05, 4.69) is 26.2 Å². The summed E-state index contributed by atoms with van der Waals surface area (Å²) in [5, 5.41) is 13.5. The third-order valence-corrected chi connectivity index (χ3v) is 3.24. The molecule has 1 aromatic heterocycles. The number of phenols is 1. The van der Waals surface area contributed by atoms with Crippen molar-refractivity contribution in [3.05, 3.63) is 51.2 Å². The van der Waals surface area contributed by atoms with Crippen molar-refractivity contribution in [1.29, 1.82) is 0 Å². The molecule has 2 aromatic rings. The van der Waals surface area contributed by atoms with E-state index in [1.807, 2.05) is 19.1 Å². The number of aromatic hydroxyl groups is 1. The number of rotatable bonds is 3. The Kier molecular flexibility index (Phi) is 4.09. The van der Waals surface area contributed by atoms with Gasteiger partial charge in [0, 0.05) is 17.1 Å². The van der Waals surface area contributed by atoms with E-state index >= 15 is 0 Å². The zero-order valence-electron chi connectivity index (χ0n) is 9.74. The molecule has 1 aromatic carbocycles. The molecule has 0 aliphatic rings. The molecule has 0 saturated carbocycles. The van der Waals surface area contributed by atoms with Crippen LogP contribution in [-0.2, 0) is 6.54 Å². The third-order valence-electron chi connectivity index (χ3n) is 2.56. The zero-order chi connectivity index (χ0) is 13.1. The highest BCUT2D eigenvalue weighted by molar-refractivity contribution is 9.10. The minimum atomic E-state index is 0.231. The second-order valence-electron chi connectivity index (χ2n) is 3.89. The van der Waals surface area contributed by atoms with Crippen LogP contribution in [0.4, 0.5) is 5.69 Å². The minimum Gasteiger partial charge on any atom is -0.508 e. The topological polar surface area (TPSA) is 45.2 Å². The van der Waals surface area contributed by atoms with Crippen molar-refractivity contribution >= 4 is 33.2 Å². The normalized spacial score (nSPS) is 10.4. The second kappa shape index (κ2) is 5.59. The first-order valence-corrected chi connectivity index (χ1v) is 6.58. The van der Waals surface area contributed by atoms with Crippen molar-refractivity contribution in [3.63, 3.8) is 0 Å². The molecule has 94 valence electrons. The molecule has 0 fully saturated rings. The van der Waals surface area contributed by atoms with Crippen LogP contribution in [-0.4, -0.2) is 10.1 Å². The Labute approximate surface area is 119 Å². The fourth-order valence-electron chi connectivity index (χ4n) is 1.60. The Morgan fingerprint density at radius 1 is 1.33 bits per heavy atom. The number of anilines is 1. The molecular weight excluding hydrogens is 316 g/mol. The van der Waals surface area contributed by atoms with E-state index in [0.717, 1.165) is 21.5 Å². The number of halogens is 2. The van der Waals surface area contributed by atoms with Crippen LogP contribution in [0.2, 0.25) is 5.02 Å². The molecule has 0 unspecified atom stereocenters. The van der Waals surface area contributed by atoms with Gasteiger partial charge in [0.25, 0.3) is 0 Å². The van der Waals surface area contributed by atoms with E-state index < -0.39 is 0 Å². The van der Waals surface area contributed by atoms with Crippen LogP contribution in [0.3, 0.4) is 0 Å². The second-order valence-corrected chi connectivity index (χ2v) is 5.14. The Bertz CT molecular complexity index is 575. The number of aromatic nitrogens is 1.